The Morgan fingerprint density at radius 1 is 1.27 bits per heavy atom. The van der Waals surface area contributed by atoms with E-state index in [1.807, 2.05) is 49.1 Å². The Labute approximate surface area is 90.3 Å². The zero-order valence-electron chi connectivity index (χ0n) is 9.18. The maximum atomic E-state index is 11.2. The van der Waals surface area contributed by atoms with Crippen LogP contribution in [0.3, 0.4) is 0 Å². The summed E-state index contributed by atoms with van der Waals surface area (Å²) in [5.74, 6) is -0.787. The van der Waals surface area contributed by atoms with E-state index >= 15 is 0 Å². The fourth-order valence-electron chi connectivity index (χ4n) is 1.73. The summed E-state index contributed by atoms with van der Waals surface area (Å²) in [6, 6.07) is 8.82. The molecule has 0 fully saturated rings. The van der Waals surface area contributed by atoms with E-state index < -0.39 is 12.0 Å². The van der Waals surface area contributed by atoms with Gasteiger partial charge in [0.2, 0.25) is 0 Å². The van der Waals surface area contributed by atoms with Crippen molar-refractivity contribution in [3.8, 4) is 0 Å². The van der Waals surface area contributed by atoms with Crippen LogP contribution in [0, 0.1) is 0 Å². The van der Waals surface area contributed by atoms with Gasteiger partial charge in [-0.3, -0.25) is 9.69 Å². The van der Waals surface area contributed by atoms with Crippen molar-refractivity contribution in [2.45, 2.75) is 19.9 Å². The van der Waals surface area contributed by atoms with Gasteiger partial charge < -0.3 is 5.11 Å². The summed E-state index contributed by atoms with van der Waals surface area (Å²) < 4.78 is 0. The summed E-state index contributed by atoms with van der Waals surface area (Å²) in [6.45, 7) is 5.43. The van der Waals surface area contributed by atoms with Gasteiger partial charge in [0.1, 0.15) is 6.04 Å². The lowest BCUT2D eigenvalue weighted by atomic mass is 10.1. The van der Waals surface area contributed by atoms with Crippen LogP contribution < -0.4 is 0 Å². The fourth-order valence-corrected chi connectivity index (χ4v) is 1.73. The van der Waals surface area contributed by atoms with Crippen molar-refractivity contribution >= 4 is 5.97 Å². The number of hydrogen-bond donors (Lipinski definition) is 1. The normalized spacial score (nSPS) is 12.7. The van der Waals surface area contributed by atoms with Crippen LogP contribution in [0.15, 0.2) is 30.3 Å². The first-order chi connectivity index (χ1) is 7.20. The van der Waals surface area contributed by atoms with Gasteiger partial charge in [-0.1, -0.05) is 44.2 Å². The lowest BCUT2D eigenvalue weighted by Crippen LogP contribution is -2.33. The first kappa shape index (κ1) is 11.7. The lowest BCUT2D eigenvalue weighted by Gasteiger charge is -2.26. The molecule has 3 nitrogen and oxygen atoms in total. The van der Waals surface area contributed by atoms with E-state index in [4.69, 9.17) is 0 Å². The van der Waals surface area contributed by atoms with E-state index in [9.17, 15) is 9.90 Å². The highest BCUT2D eigenvalue weighted by atomic mass is 16.4. The van der Waals surface area contributed by atoms with Gasteiger partial charge in [0.15, 0.2) is 0 Å². The number of benzene rings is 1. The Morgan fingerprint density at radius 2 is 1.80 bits per heavy atom. The first-order valence-electron chi connectivity index (χ1n) is 5.22. The van der Waals surface area contributed by atoms with Gasteiger partial charge in [0, 0.05) is 0 Å². The summed E-state index contributed by atoms with van der Waals surface area (Å²) in [5, 5.41) is 9.22. The molecule has 3 heteroatoms. The number of rotatable bonds is 5. The number of carbonyl (C=O) groups is 1. The van der Waals surface area contributed by atoms with Gasteiger partial charge in [-0.15, -0.1) is 0 Å². The zero-order chi connectivity index (χ0) is 11.3. The maximum absolute atomic E-state index is 11.2. The first-order valence-corrected chi connectivity index (χ1v) is 5.22. The van der Waals surface area contributed by atoms with Crippen LogP contribution in [0.25, 0.3) is 0 Å². The highest BCUT2D eigenvalue weighted by Gasteiger charge is 2.24. The summed E-state index contributed by atoms with van der Waals surface area (Å²) >= 11 is 0. The molecule has 0 spiro atoms. The topological polar surface area (TPSA) is 40.5 Å². The van der Waals surface area contributed by atoms with Crippen LogP contribution in [-0.4, -0.2) is 29.1 Å². The highest BCUT2D eigenvalue weighted by molar-refractivity contribution is 5.75. The molecule has 0 bridgehead atoms. The molecular formula is C12H17NO2. The predicted molar refractivity (Wildman–Crippen MR) is 59.7 cm³/mol. The van der Waals surface area contributed by atoms with E-state index in [0.29, 0.717) is 0 Å². The molecule has 0 heterocycles. The third-order valence-corrected chi connectivity index (χ3v) is 2.53. The van der Waals surface area contributed by atoms with Crippen molar-refractivity contribution in [3.05, 3.63) is 35.9 Å². The van der Waals surface area contributed by atoms with Crippen molar-refractivity contribution in [3.63, 3.8) is 0 Å². The van der Waals surface area contributed by atoms with E-state index in [1.54, 1.807) is 0 Å². The summed E-state index contributed by atoms with van der Waals surface area (Å²) in [5.41, 5.74) is 0.841. The third-order valence-electron chi connectivity index (χ3n) is 2.53. The second kappa shape index (κ2) is 5.51. The summed E-state index contributed by atoms with van der Waals surface area (Å²) in [4.78, 5) is 13.1. The van der Waals surface area contributed by atoms with Gasteiger partial charge in [-0.25, -0.2) is 0 Å². The van der Waals surface area contributed by atoms with Gasteiger partial charge in [-0.05, 0) is 18.7 Å². The average Bonchev–Trinajstić information content (AvgIpc) is 2.26. The van der Waals surface area contributed by atoms with Crippen LogP contribution in [0.1, 0.15) is 25.5 Å². The Morgan fingerprint density at radius 3 is 2.20 bits per heavy atom. The van der Waals surface area contributed by atoms with Crippen molar-refractivity contribution in [1.29, 1.82) is 0 Å². The van der Waals surface area contributed by atoms with Gasteiger partial charge in [0.05, 0.1) is 0 Å². The van der Waals surface area contributed by atoms with E-state index in [0.717, 1.165) is 18.7 Å². The van der Waals surface area contributed by atoms with Crippen LogP contribution in [-0.2, 0) is 4.79 Å². The zero-order valence-corrected chi connectivity index (χ0v) is 9.18. The molecule has 1 unspecified atom stereocenters. The van der Waals surface area contributed by atoms with Gasteiger partial charge in [-0.2, -0.15) is 0 Å². The highest BCUT2D eigenvalue weighted by Crippen LogP contribution is 2.20. The Balaban J connectivity index is 2.97. The number of likely N-dealkylation sites (N-methyl/N-ethyl adjacent to an activating group) is 1. The van der Waals surface area contributed by atoms with E-state index in [1.165, 1.54) is 0 Å². The smallest absolute Gasteiger partial charge is 0.325 e. The standard InChI is InChI=1S/C12H17NO2/c1-3-13(4-2)11(12(14)15)10-8-6-5-7-9-10/h5-9,11H,3-4H2,1-2H3,(H,14,15). The molecule has 1 rings (SSSR count). The Kier molecular flexibility index (Phi) is 4.31. The molecular weight excluding hydrogens is 190 g/mol. The number of carboxylic acids is 1. The molecule has 0 saturated heterocycles. The van der Waals surface area contributed by atoms with Crippen molar-refractivity contribution in [2.24, 2.45) is 0 Å². The molecule has 0 aliphatic heterocycles. The maximum Gasteiger partial charge on any atom is 0.325 e. The summed E-state index contributed by atoms with van der Waals surface area (Å²) in [7, 11) is 0. The minimum Gasteiger partial charge on any atom is -0.480 e. The minimum absolute atomic E-state index is 0.527. The molecule has 15 heavy (non-hydrogen) atoms. The number of aliphatic carboxylic acids is 1. The number of nitrogens with zero attached hydrogens (tertiary/aromatic N) is 1. The number of carboxylic acid groups (broad SMARTS) is 1. The molecule has 0 radical (unpaired) electrons. The SMILES string of the molecule is CCN(CC)C(C(=O)O)c1ccccc1. The van der Waals surface area contributed by atoms with Gasteiger partial charge in [0.25, 0.3) is 0 Å². The van der Waals surface area contributed by atoms with E-state index in [-0.39, 0.29) is 0 Å². The largest absolute Gasteiger partial charge is 0.480 e. The quantitative estimate of drug-likeness (QED) is 0.804. The predicted octanol–water partition coefficient (Wildman–Crippen LogP) is 2.15. The van der Waals surface area contributed by atoms with E-state index in [2.05, 4.69) is 0 Å². The molecule has 0 amide bonds. The van der Waals surface area contributed by atoms with Crippen molar-refractivity contribution in [1.82, 2.24) is 4.90 Å². The monoisotopic (exact) mass is 207 g/mol. The van der Waals surface area contributed by atoms with Crippen LogP contribution in [0.2, 0.25) is 0 Å². The molecule has 1 N–H and O–H groups in total. The second-order valence-electron chi connectivity index (χ2n) is 3.37. The molecule has 0 aliphatic rings. The summed E-state index contributed by atoms with van der Waals surface area (Å²) in [6.07, 6.45) is 0. The molecule has 1 atom stereocenters. The molecule has 0 aromatic heterocycles. The van der Waals surface area contributed by atoms with Crippen LogP contribution in [0.4, 0.5) is 0 Å². The van der Waals surface area contributed by atoms with Crippen LogP contribution in [0.5, 0.6) is 0 Å². The van der Waals surface area contributed by atoms with Crippen molar-refractivity contribution in [2.75, 3.05) is 13.1 Å². The Hall–Kier alpha value is -1.35. The molecule has 82 valence electrons. The third kappa shape index (κ3) is 2.80. The molecule has 1 aromatic carbocycles. The lowest BCUT2D eigenvalue weighted by molar-refractivity contribution is -0.143. The molecule has 0 saturated carbocycles. The Bertz CT molecular complexity index is 307. The minimum atomic E-state index is -0.787. The molecule has 0 aliphatic carbocycles. The van der Waals surface area contributed by atoms with Crippen LogP contribution >= 0.6 is 0 Å². The molecule has 1 aromatic rings. The second-order valence-corrected chi connectivity index (χ2v) is 3.37. The van der Waals surface area contributed by atoms with Gasteiger partial charge >= 0.3 is 5.97 Å². The fraction of sp³-hybridized carbons (Fsp3) is 0.417. The van der Waals surface area contributed by atoms with Crippen molar-refractivity contribution < 1.29 is 9.90 Å². The average molecular weight is 207 g/mol. The number of hydrogen-bond acceptors (Lipinski definition) is 2.